The first-order valence-corrected chi connectivity index (χ1v) is 6.82. The van der Waals surface area contributed by atoms with Crippen molar-refractivity contribution >= 4 is 23.5 Å². The van der Waals surface area contributed by atoms with E-state index in [1.807, 2.05) is 0 Å². The molecule has 0 aliphatic carbocycles. The van der Waals surface area contributed by atoms with E-state index in [9.17, 15) is 9.59 Å². The smallest absolute Gasteiger partial charge is 0.305 e. The number of hydrogen-bond acceptors (Lipinski definition) is 5. The Balaban J connectivity index is 1.99. The molecule has 1 aromatic carbocycles. The average molecular weight is 314 g/mol. The highest BCUT2D eigenvalue weighted by molar-refractivity contribution is 6.32. The highest BCUT2D eigenvalue weighted by Gasteiger charge is 2.22. The fraction of sp³-hybridized carbons (Fsp3) is 0.429. The van der Waals surface area contributed by atoms with Gasteiger partial charge in [-0.05, 0) is 18.6 Å². The molecule has 1 aliphatic rings. The number of nitrogens with zero attached hydrogens (tertiary/aromatic N) is 1. The van der Waals surface area contributed by atoms with Gasteiger partial charge in [-0.1, -0.05) is 11.6 Å². The van der Waals surface area contributed by atoms with Crippen LogP contribution in [0.3, 0.4) is 0 Å². The second-order valence-corrected chi connectivity index (χ2v) is 5.01. The minimum atomic E-state index is -0.290. The molecular weight excluding hydrogens is 298 g/mol. The number of ether oxygens (including phenoxy) is 3. The molecule has 21 heavy (non-hydrogen) atoms. The highest BCUT2D eigenvalue weighted by atomic mass is 35.5. The zero-order chi connectivity index (χ0) is 15.4. The van der Waals surface area contributed by atoms with E-state index in [0.29, 0.717) is 35.1 Å². The SMILES string of the molecule is COC(=O)CCCN(C)C(=O)c1cc(Cl)c2c(c1)OCO2. The molecule has 0 radical (unpaired) electrons. The molecule has 0 fully saturated rings. The molecule has 1 aliphatic heterocycles. The van der Waals surface area contributed by atoms with Gasteiger partial charge in [0.15, 0.2) is 11.5 Å². The molecule has 0 unspecified atom stereocenters. The Labute approximate surface area is 127 Å². The molecular formula is C14H16ClNO5. The number of carbonyl (C=O) groups excluding carboxylic acids is 2. The fourth-order valence-corrected chi connectivity index (χ4v) is 2.24. The summed E-state index contributed by atoms with van der Waals surface area (Å²) in [6.45, 7) is 0.543. The molecule has 0 N–H and O–H groups in total. The summed E-state index contributed by atoms with van der Waals surface area (Å²) in [6.07, 6.45) is 0.809. The molecule has 7 heteroatoms. The second-order valence-electron chi connectivity index (χ2n) is 4.60. The summed E-state index contributed by atoms with van der Waals surface area (Å²) in [4.78, 5) is 24.9. The fourth-order valence-electron chi connectivity index (χ4n) is 1.98. The van der Waals surface area contributed by atoms with Crippen LogP contribution in [0.2, 0.25) is 5.02 Å². The summed E-state index contributed by atoms with van der Waals surface area (Å²) >= 11 is 6.05. The van der Waals surface area contributed by atoms with Gasteiger partial charge < -0.3 is 19.1 Å². The van der Waals surface area contributed by atoms with Gasteiger partial charge in [-0.25, -0.2) is 0 Å². The van der Waals surface area contributed by atoms with Crippen LogP contribution < -0.4 is 9.47 Å². The van der Waals surface area contributed by atoms with Crippen LogP contribution in [0.5, 0.6) is 11.5 Å². The van der Waals surface area contributed by atoms with Gasteiger partial charge in [0.2, 0.25) is 6.79 Å². The van der Waals surface area contributed by atoms with Crippen molar-refractivity contribution in [3.05, 3.63) is 22.7 Å². The first-order chi connectivity index (χ1) is 10.0. The minimum Gasteiger partial charge on any atom is -0.469 e. The quantitative estimate of drug-likeness (QED) is 0.779. The lowest BCUT2D eigenvalue weighted by atomic mass is 10.1. The molecule has 2 rings (SSSR count). The largest absolute Gasteiger partial charge is 0.469 e. The number of carbonyl (C=O) groups is 2. The van der Waals surface area contributed by atoms with Crippen LogP contribution in [0, 0.1) is 0 Å². The number of halogens is 1. The summed E-state index contributed by atoms with van der Waals surface area (Å²) in [6, 6.07) is 3.15. The number of benzene rings is 1. The third-order valence-corrected chi connectivity index (χ3v) is 3.40. The lowest BCUT2D eigenvalue weighted by Crippen LogP contribution is -2.28. The Morgan fingerprint density at radius 3 is 2.86 bits per heavy atom. The number of amides is 1. The number of rotatable bonds is 5. The van der Waals surface area contributed by atoms with Gasteiger partial charge in [0, 0.05) is 25.6 Å². The Bertz CT molecular complexity index is 561. The minimum absolute atomic E-state index is 0.0989. The zero-order valence-electron chi connectivity index (χ0n) is 11.8. The summed E-state index contributed by atoms with van der Waals surface area (Å²) in [7, 11) is 3.00. The molecule has 0 bridgehead atoms. The van der Waals surface area contributed by atoms with E-state index < -0.39 is 0 Å². The molecule has 6 nitrogen and oxygen atoms in total. The maximum Gasteiger partial charge on any atom is 0.305 e. The van der Waals surface area contributed by atoms with E-state index in [4.69, 9.17) is 21.1 Å². The van der Waals surface area contributed by atoms with E-state index in [1.165, 1.54) is 12.0 Å². The van der Waals surface area contributed by atoms with Gasteiger partial charge in [-0.3, -0.25) is 9.59 Å². The predicted molar refractivity (Wildman–Crippen MR) is 75.8 cm³/mol. The van der Waals surface area contributed by atoms with Crippen molar-refractivity contribution in [1.82, 2.24) is 4.90 Å². The van der Waals surface area contributed by atoms with Crippen LogP contribution >= 0.6 is 11.6 Å². The van der Waals surface area contributed by atoms with Crippen LogP contribution in [0.15, 0.2) is 12.1 Å². The van der Waals surface area contributed by atoms with Gasteiger partial charge in [-0.2, -0.15) is 0 Å². The number of hydrogen-bond donors (Lipinski definition) is 0. The Morgan fingerprint density at radius 2 is 2.14 bits per heavy atom. The molecule has 0 aromatic heterocycles. The Kier molecular flexibility index (Phi) is 4.90. The van der Waals surface area contributed by atoms with Crippen LogP contribution in [0.4, 0.5) is 0 Å². The van der Waals surface area contributed by atoms with Crippen LogP contribution in [-0.4, -0.2) is 44.3 Å². The van der Waals surface area contributed by atoms with Crippen molar-refractivity contribution in [2.24, 2.45) is 0 Å². The van der Waals surface area contributed by atoms with Crippen molar-refractivity contribution in [2.45, 2.75) is 12.8 Å². The molecule has 0 atom stereocenters. The Hall–Kier alpha value is -1.95. The van der Waals surface area contributed by atoms with E-state index >= 15 is 0 Å². The van der Waals surface area contributed by atoms with Crippen molar-refractivity contribution in [2.75, 3.05) is 27.5 Å². The number of methoxy groups -OCH3 is 1. The molecule has 0 saturated heterocycles. The predicted octanol–water partition coefficient (Wildman–Crippen LogP) is 2.09. The van der Waals surface area contributed by atoms with Crippen molar-refractivity contribution < 1.29 is 23.8 Å². The molecule has 1 heterocycles. The average Bonchev–Trinajstić information content (AvgIpc) is 2.95. The molecule has 0 saturated carbocycles. The maximum absolute atomic E-state index is 12.3. The van der Waals surface area contributed by atoms with E-state index in [0.717, 1.165) is 0 Å². The summed E-state index contributed by atoms with van der Waals surface area (Å²) in [5, 5.41) is 0.344. The van der Waals surface area contributed by atoms with Gasteiger partial charge in [0.1, 0.15) is 0 Å². The standard InChI is InChI=1S/C14H16ClNO5/c1-16(5-3-4-12(17)19-2)14(18)9-6-10(15)13-11(7-9)20-8-21-13/h6-7H,3-5,8H2,1-2H3. The lowest BCUT2D eigenvalue weighted by Gasteiger charge is -2.17. The van der Waals surface area contributed by atoms with E-state index in [1.54, 1.807) is 19.2 Å². The van der Waals surface area contributed by atoms with Gasteiger partial charge in [0.25, 0.3) is 5.91 Å². The zero-order valence-corrected chi connectivity index (χ0v) is 12.6. The Morgan fingerprint density at radius 1 is 1.38 bits per heavy atom. The van der Waals surface area contributed by atoms with Crippen LogP contribution in [0.25, 0.3) is 0 Å². The monoisotopic (exact) mass is 313 g/mol. The van der Waals surface area contributed by atoms with Crippen LogP contribution in [-0.2, 0) is 9.53 Å². The third kappa shape index (κ3) is 3.58. The molecule has 1 amide bonds. The van der Waals surface area contributed by atoms with Gasteiger partial charge >= 0.3 is 5.97 Å². The second kappa shape index (κ2) is 6.67. The normalized spacial score (nSPS) is 12.1. The van der Waals surface area contributed by atoms with Gasteiger partial charge in [-0.15, -0.1) is 0 Å². The summed E-state index contributed by atoms with van der Waals surface area (Å²) in [5.41, 5.74) is 0.421. The number of esters is 1. The highest BCUT2D eigenvalue weighted by Crippen LogP contribution is 2.39. The summed E-state index contributed by atoms with van der Waals surface area (Å²) in [5.74, 6) is 0.442. The first-order valence-electron chi connectivity index (χ1n) is 6.44. The van der Waals surface area contributed by atoms with Crippen LogP contribution in [0.1, 0.15) is 23.2 Å². The first kappa shape index (κ1) is 15.4. The molecule has 1 aromatic rings. The van der Waals surface area contributed by atoms with E-state index in [-0.39, 0.29) is 25.1 Å². The molecule has 114 valence electrons. The molecule has 0 spiro atoms. The topological polar surface area (TPSA) is 65.1 Å². The van der Waals surface area contributed by atoms with Crippen molar-refractivity contribution in [1.29, 1.82) is 0 Å². The lowest BCUT2D eigenvalue weighted by molar-refractivity contribution is -0.140. The summed E-state index contributed by atoms with van der Waals surface area (Å²) < 4.78 is 15.0. The number of fused-ring (bicyclic) bond motifs is 1. The van der Waals surface area contributed by atoms with Crippen molar-refractivity contribution in [3.8, 4) is 11.5 Å². The van der Waals surface area contributed by atoms with Gasteiger partial charge in [0.05, 0.1) is 12.1 Å². The maximum atomic E-state index is 12.3. The third-order valence-electron chi connectivity index (χ3n) is 3.12. The van der Waals surface area contributed by atoms with Crippen molar-refractivity contribution in [3.63, 3.8) is 0 Å². The van der Waals surface area contributed by atoms with E-state index in [2.05, 4.69) is 4.74 Å².